The Labute approximate surface area is 121 Å². The predicted molar refractivity (Wildman–Crippen MR) is 74.1 cm³/mol. The topological polar surface area (TPSA) is 78.1 Å². The van der Waals surface area contributed by atoms with Crippen LogP contribution < -0.4 is 5.32 Å². The zero-order valence-corrected chi connectivity index (χ0v) is 11.3. The summed E-state index contributed by atoms with van der Waals surface area (Å²) in [6, 6.07) is 9.23. The van der Waals surface area contributed by atoms with E-state index in [4.69, 9.17) is 0 Å². The van der Waals surface area contributed by atoms with Gasteiger partial charge in [0.05, 0.1) is 12.2 Å². The van der Waals surface area contributed by atoms with Crippen molar-refractivity contribution in [1.82, 2.24) is 20.4 Å². The molecule has 6 heteroatoms. The molecule has 1 fully saturated rings. The van der Waals surface area contributed by atoms with E-state index in [1.807, 2.05) is 24.3 Å². The van der Waals surface area contributed by atoms with Gasteiger partial charge >= 0.3 is 6.03 Å². The number of carbonyl (C=O) groups excluding carboxylic acids is 2. The Balaban J connectivity index is 1.71. The lowest BCUT2D eigenvalue weighted by Crippen LogP contribution is -2.41. The van der Waals surface area contributed by atoms with E-state index in [-0.39, 0.29) is 18.5 Å². The molecule has 0 saturated carbocycles. The Morgan fingerprint density at radius 2 is 2.10 bits per heavy atom. The first-order chi connectivity index (χ1) is 10.2. The number of hydrogen-bond acceptors (Lipinski definition) is 3. The second kappa shape index (κ2) is 4.18. The van der Waals surface area contributed by atoms with Crippen LogP contribution in [0.1, 0.15) is 23.2 Å². The number of nitrogens with zero attached hydrogens (tertiary/aromatic N) is 2. The lowest BCUT2D eigenvalue weighted by atomic mass is 9.92. The zero-order valence-electron chi connectivity index (χ0n) is 11.3. The van der Waals surface area contributed by atoms with Crippen molar-refractivity contribution in [2.45, 2.75) is 24.9 Å². The zero-order chi connectivity index (χ0) is 14.4. The van der Waals surface area contributed by atoms with Crippen LogP contribution in [0.2, 0.25) is 0 Å². The molecule has 4 rings (SSSR count). The van der Waals surface area contributed by atoms with Crippen molar-refractivity contribution in [2.75, 3.05) is 0 Å². The number of H-pyrrole nitrogens is 1. The Morgan fingerprint density at radius 3 is 2.90 bits per heavy atom. The summed E-state index contributed by atoms with van der Waals surface area (Å²) in [6.45, 7) is 0.217. The van der Waals surface area contributed by atoms with Gasteiger partial charge in [0.2, 0.25) is 0 Å². The minimum Gasteiger partial charge on any atom is -0.319 e. The first-order valence-corrected chi connectivity index (χ1v) is 6.91. The molecule has 6 nitrogen and oxygen atoms in total. The van der Waals surface area contributed by atoms with Gasteiger partial charge in [0.15, 0.2) is 0 Å². The highest BCUT2D eigenvalue weighted by molar-refractivity contribution is 6.08. The molecule has 2 N–H and O–H groups in total. The van der Waals surface area contributed by atoms with Crippen LogP contribution in [0, 0.1) is 0 Å². The minimum atomic E-state index is -0.881. The number of hydrogen-bond donors (Lipinski definition) is 2. The molecule has 21 heavy (non-hydrogen) atoms. The molecule has 1 aromatic heterocycles. The van der Waals surface area contributed by atoms with Crippen LogP contribution in [0.15, 0.2) is 36.5 Å². The fourth-order valence-corrected chi connectivity index (χ4v) is 3.28. The first kappa shape index (κ1) is 12.1. The van der Waals surface area contributed by atoms with Crippen molar-refractivity contribution in [3.63, 3.8) is 0 Å². The van der Waals surface area contributed by atoms with E-state index in [0.717, 1.165) is 23.2 Å². The Bertz CT molecular complexity index is 725. The van der Waals surface area contributed by atoms with E-state index in [2.05, 4.69) is 15.5 Å². The number of urea groups is 1. The number of benzene rings is 1. The summed E-state index contributed by atoms with van der Waals surface area (Å²) in [7, 11) is 0. The predicted octanol–water partition coefficient (Wildman–Crippen LogP) is 1.30. The van der Waals surface area contributed by atoms with Gasteiger partial charge in [-0.25, -0.2) is 4.79 Å². The van der Waals surface area contributed by atoms with Crippen molar-refractivity contribution < 1.29 is 9.59 Å². The first-order valence-electron chi connectivity index (χ1n) is 6.91. The molecule has 0 radical (unpaired) electrons. The third-order valence-corrected chi connectivity index (χ3v) is 4.31. The van der Waals surface area contributed by atoms with E-state index in [9.17, 15) is 9.59 Å². The number of carbonyl (C=O) groups is 2. The molecule has 1 aliphatic carbocycles. The monoisotopic (exact) mass is 282 g/mol. The number of nitrogens with one attached hydrogen (secondary N) is 2. The summed E-state index contributed by atoms with van der Waals surface area (Å²) in [5, 5.41) is 9.52. The average Bonchev–Trinajstić information content (AvgIpc) is 3.17. The van der Waals surface area contributed by atoms with E-state index < -0.39 is 5.54 Å². The fraction of sp³-hybridized carbons (Fsp3) is 0.267. The van der Waals surface area contributed by atoms with Crippen LogP contribution >= 0.6 is 0 Å². The number of aryl methyl sites for hydroxylation is 1. The highest BCUT2D eigenvalue weighted by Crippen LogP contribution is 2.41. The molecule has 0 bridgehead atoms. The van der Waals surface area contributed by atoms with Gasteiger partial charge in [-0.15, -0.1) is 0 Å². The molecule has 1 aromatic carbocycles. The van der Waals surface area contributed by atoms with E-state index >= 15 is 0 Å². The van der Waals surface area contributed by atoms with Gasteiger partial charge in [0.1, 0.15) is 5.54 Å². The summed E-state index contributed by atoms with van der Waals surface area (Å²) in [5.74, 6) is -0.174. The summed E-state index contributed by atoms with van der Waals surface area (Å²) >= 11 is 0. The molecule has 1 aliphatic heterocycles. The third-order valence-electron chi connectivity index (χ3n) is 4.31. The highest BCUT2D eigenvalue weighted by Gasteiger charge is 2.55. The number of rotatable bonds is 2. The Hall–Kier alpha value is -2.63. The van der Waals surface area contributed by atoms with Crippen LogP contribution in [0.25, 0.3) is 0 Å². The van der Waals surface area contributed by atoms with Gasteiger partial charge in [-0.05, 0) is 30.0 Å². The van der Waals surface area contributed by atoms with Gasteiger partial charge in [0, 0.05) is 6.20 Å². The maximum absolute atomic E-state index is 12.8. The quantitative estimate of drug-likeness (QED) is 0.815. The summed E-state index contributed by atoms with van der Waals surface area (Å²) in [4.78, 5) is 26.3. The number of aromatic amines is 1. The summed E-state index contributed by atoms with van der Waals surface area (Å²) in [5.41, 5.74) is 1.92. The molecular formula is C15H14N4O2. The molecule has 2 heterocycles. The largest absolute Gasteiger partial charge is 0.325 e. The maximum atomic E-state index is 12.8. The summed E-state index contributed by atoms with van der Waals surface area (Å²) < 4.78 is 0. The van der Waals surface area contributed by atoms with Gasteiger partial charge in [-0.3, -0.25) is 14.8 Å². The van der Waals surface area contributed by atoms with Gasteiger partial charge < -0.3 is 5.32 Å². The molecule has 1 spiro atoms. The molecule has 1 unspecified atom stereocenters. The van der Waals surface area contributed by atoms with Crippen LogP contribution in [0.5, 0.6) is 0 Å². The van der Waals surface area contributed by atoms with Crippen LogP contribution in [0.4, 0.5) is 4.79 Å². The van der Waals surface area contributed by atoms with Crippen LogP contribution in [-0.2, 0) is 23.3 Å². The van der Waals surface area contributed by atoms with Crippen LogP contribution in [0.3, 0.4) is 0 Å². The second-order valence-corrected chi connectivity index (χ2v) is 5.47. The van der Waals surface area contributed by atoms with Crippen molar-refractivity contribution in [3.8, 4) is 0 Å². The van der Waals surface area contributed by atoms with Crippen molar-refractivity contribution in [3.05, 3.63) is 53.3 Å². The lowest BCUT2D eigenvalue weighted by Gasteiger charge is -2.22. The van der Waals surface area contributed by atoms with Gasteiger partial charge in [-0.2, -0.15) is 5.10 Å². The standard InChI is InChI=1S/C15H14N4O2/c20-13-15(7-5-10-3-1-2-4-12(10)15)17-14(21)19(13)9-11-6-8-16-18-11/h1-4,6,8H,5,7,9H2,(H,16,18)(H,17,21). The normalized spacial score (nSPS) is 23.7. The summed E-state index contributed by atoms with van der Waals surface area (Å²) in [6.07, 6.45) is 3.03. The molecular weight excluding hydrogens is 268 g/mol. The van der Waals surface area contributed by atoms with Gasteiger partial charge in [-0.1, -0.05) is 24.3 Å². The Kier molecular flexibility index (Phi) is 2.42. The molecule has 1 atom stereocenters. The van der Waals surface area contributed by atoms with Crippen molar-refractivity contribution in [1.29, 1.82) is 0 Å². The molecule has 106 valence electrons. The number of aromatic nitrogens is 2. The molecule has 2 aromatic rings. The smallest absolute Gasteiger partial charge is 0.319 e. The molecule has 3 amide bonds. The van der Waals surface area contributed by atoms with Crippen molar-refractivity contribution in [2.24, 2.45) is 0 Å². The fourth-order valence-electron chi connectivity index (χ4n) is 3.28. The molecule has 2 aliphatic rings. The van der Waals surface area contributed by atoms with Crippen molar-refractivity contribution >= 4 is 11.9 Å². The highest BCUT2D eigenvalue weighted by atomic mass is 16.2. The average molecular weight is 282 g/mol. The number of amides is 3. The second-order valence-electron chi connectivity index (χ2n) is 5.47. The minimum absolute atomic E-state index is 0.174. The van der Waals surface area contributed by atoms with E-state index in [1.165, 1.54) is 4.90 Å². The van der Waals surface area contributed by atoms with Gasteiger partial charge in [0.25, 0.3) is 5.91 Å². The van der Waals surface area contributed by atoms with E-state index in [1.54, 1.807) is 12.3 Å². The third kappa shape index (κ3) is 1.62. The molecule has 1 saturated heterocycles. The van der Waals surface area contributed by atoms with E-state index in [0.29, 0.717) is 6.42 Å². The van der Waals surface area contributed by atoms with Crippen LogP contribution in [-0.4, -0.2) is 27.0 Å². The number of fused-ring (bicyclic) bond motifs is 2. The maximum Gasteiger partial charge on any atom is 0.325 e. The number of imide groups is 1. The lowest BCUT2D eigenvalue weighted by molar-refractivity contribution is -0.132. The Morgan fingerprint density at radius 1 is 1.24 bits per heavy atom. The SMILES string of the molecule is O=C1NC2(CCc3ccccc32)C(=O)N1Cc1ccn[nH]1.